The van der Waals surface area contributed by atoms with Gasteiger partial charge in [-0.2, -0.15) is 0 Å². The van der Waals surface area contributed by atoms with Crippen molar-refractivity contribution in [1.82, 2.24) is 5.32 Å². The highest BCUT2D eigenvalue weighted by molar-refractivity contribution is 5.77. The number of hydrogen-bond donors (Lipinski definition) is 2. The van der Waals surface area contributed by atoms with Crippen molar-refractivity contribution in [2.45, 2.75) is 63.5 Å². The predicted octanol–water partition coefficient (Wildman–Crippen LogP) is 3.35. The fourth-order valence-electron chi connectivity index (χ4n) is 3.62. The number of nitrogens with one attached hydrogen (secondary N) is 1. The molecule has 0 spiro atoms. The fraction of sp³-hybridized carbons (Fsp3) is 0.632. The summed E-state index contributed by atoms with van der Waals surface area (Å²) in [7, 11) is 0. The van der Waals surface area contributed by atoms with Crippen LogP contribution in [0.1, 0.15) is 57.4 Å². The third-order valence-electron chi connectivity index (χ3n) is 4.98. The Kier molecular flexibility index (Phi) is 4.62. The largest absolute Gasteiger partial charge is 0.508 e. The van der Waals surface area contributed by atoms with Crippen LogP contribution in [-0.4, -0.2) is 29.3 Å². The maximum Gasteiger partial charge on any atom is 0.220 e. The van der Waals surface area contributed by atoms with Crippen LogP contribution in [0.2, 0.25) is 0 Å². The van der Waals surface area contributed by atoms with Crippen LogP contribution in [0.5, 0.6) is 5.75 Å². The highest BCUT2D eigenvalue weighted by atomic mass is 16.5. The number of carbonyl (C=O) groups is 1. The molecule has 0 unspecified atom stereocenters. The molecule has 4 heteroatoms. The van der Waals surface area contributed by atoms with Crippen molar-refractivity contribution >= 4 is 5.91 Å². The Balaban J connectivity index is 1.59. The summed E-state index contributed by atoms with van der Waals surface area (Å²) in [6.07, 6.45) is 4.69. The average Bonchev–Trinajstić information content (AvgIpc) is 3.29. The van der Waals surface area contributed by atoms with E-state index in [4.69, 9.17) is 4.74 Å². The van der Waals surface area contributed by atoms with Crippen LogP contribution < -0.4 is 5.32 Å². The first-order valence-electron chi connectivity index (χ1n) is 8.65. The molecule has 1 saturated carbocycles. The van der Waals surface area contributed by atoms with Gasteiger partial charge in [0.05, 0.1) is 5.60 Å². The molecular weight excluding hydrogens is 290 g/mol. The van der Waals surface area contributed by atoms with E-state index in [1.165, 1.54) is 12.8 Å². The highest BCUT2D eigenvalue weighted by Crippen LogP contribution is 2.44. The van der Waals surface area contributed by atoms with Gasteiger partial charge in [0.2, 0.25) is 5.91 Å². The molecule has 1 aromatic carbocycles. The first-order valence-corrected chi connectivity index (χ1v) is 8.65. The molecule has 4 nitrogen and oxygen atoms in total. The fourth-order valence-corrected chi connectivity index (χ4v) is 3.62. The summed E-state index contributed by atoms with van der Waals surface area (Å²) in [5, 5.41) is 12.6. The number of phenolic OH excluding ortho intramolecular Hbond substituents is 1. The van der Waals surface area contributed by atoms with Crippen LogP contribution in [0.15, 0.2) is 24.3 Å². The van der Waals surface area contributed by atoms with Crippen LogP contribution in [0.3, 0.4) is 0 Å². The molecule has 126 valence electrons. The Morgan fingerprint density at radius 2 is 2.00 bits per heavy atom. The van der Waals surface area contributed by atoms with E-state index in [1.807, 2.05) is 12.1 Å². The molecule has 1 aliphatic carbocycles. The van der Waals surface area contributed by atoms with E-state index in [1.54, 1.807) is 12.1 Å². The molecule has 0 bridgehead atoms. The van der Waals surface area contributed by atoms with Crippen molar-refractivity contribution in [1.29, 1.82) is 0 Å². The molecule has 2 atom stereocenters. The van der Waals surface area contributed by atoms with Gasteiger partial charge in [-0.15, -0.1) is 0 Å². The van der Waals surface area contributed by atoms with E-state index >= 15 is 0 Å². The first kappa shape index (κ1) is 16.3. The number of hydrogen-bond acceptors (Lipinski definition) is 3. The van der Waals surface area contributed by atoms with E-state index in [9.17, 15) is 9.90 Å². The first-order chi connectivity index (χ1) is 10.9. The van der Waals surface area contributed by atoms with Crippen molar-refractivity contribution in [3.05, 3.63) is 29.8 Å². The van der Waals surface area contributed by atoms with E-state index in [2.05, 4.69) is 19.2 Å². The summed E-state index contributed by atoms with van der Waals surface area (Å²) in [6.45, 7) is 4.87. The molecule has 0 radical (unpaired) electrons. The summed E-state index contributed by atoms with van der Waals surface area (Å²) in [6, 6.07) is 7.53. The maximum atomic E-state index is 12.5. The minimum Gasteiger partial charge on any atom is -0.508 e. The second kappa shape index (κ2) is 6.52. The smallest absolute Gasteiger partial charge is 0.220 e. The second-order valence-corrected chi connectivity index (χ2v) is 7.60. The maximum absolute atomic E-state index is 12.5. The van der Waals surface area contributed by atoms with Gasteiger partial charge < -0.3 is 15.2 Å². The van der Waals surface area contributed by atoms with Gasteiger partial charge in [-0.25, -0.2) is 0 Å². The van der Waals surface area contributed by atoms with Crippen molar-refractivity contribution < 1.29 is 14.6 Å². The zero-order chi connectivity index (χ0) is 16.4. The normalized spacial score (nSPS) is 24.9. The lowest BCUT2D eigenvalue weighted by atomic mass is 9.89. The van der Waals surface area contributed by atoms with Crippen LogP contribution in [-0.2, 0) is 9.53 Å². The lowest BCUT2D eigenvalue weighted by molar-refractivity contribution is -0.124. The van der Waals surface area contributed by atoms with Crippen molar-refractivity contribution in [3.63, 3.8) is 0 Å². The van der Waals surface area contributed by atoms with Crippen LogP contribution in [0.25, 0.3) is 0 Å². The molecule has 1 aromatic rings. The predicted molar refractivity (Wildman–Crippen MR) is 89.4 cm³/mol. The molecule has 1 heterocycles. The monoisotopic (exact) mass is 317 g/mol. The molecule has 1 aliphatic heterocycles. The topological polar surface area (TPSA) is 58.6 Å². The minimum absolute atomic E-state index is 0.137. The van der Waals surface area contributed by atoms with Gasteiger partial charge in [-0.3, -0.25) is 4.79 Å². The molecule has 3 rings (SSSR count). The van der Waals surface area contributed by atoms with Gasteiger partial charge >= 0.3 is 0 Å². The minimum atomic E-state index is -0.150. The number of rotatable bonds is 5. The van der Waals surface area contributed by atoms with Gasteiger partial charge in [-0.05, 0) is 69.1 Å². The number of benzene rings is 1. The van der Waals surface area contributed by atoms with Gasteiger partial charge in [0.1, 0.15) is 5.75 Å². The van der Waals surface area contributed by atoms with Gasteiger partial charge in [0.15, 0.2) is 0 Å². The standard InChI is InChI=1S/C19H27NO3/c1-19(2)12-15(9-10-23-19)20-18(22)11-17(13-3-4-13)14-5-7-16(21)8-6-14/h5-8,13,15,17,21H,3-4,9-12H2,1-2H3,(H,20,22)/t15-,17+/m0/s1. The Hall–Kier alpha value is -1.55. The molecule has 1 amide bonds. The molecule has 2 fully saturated rings. The molecule has 0 aromatic heterocycles. The van der Waals surface area contributed by atoms with Crippen molar-refractivity contribution in [2.75, 3.05) is 6.61 Å². The average molecular weight is 317 g/mol. The van der Waals surface area contributed by atoms with Crippen molar-refractivity contribution in [3.8, 4) is 5.75 Å². The van der Waals surface area contributed by atoms with E-state index < -0.39 is 0 Å². The quantitative estimate of drug-likeness (QED) is 0.875. The van der Waals surface area contributed by atoms with Crippen LogP contribution >= 0.6 is 0 Å². The Morgan fingerprint density at radius 3 is 2.61 bits per heavy atom. The highest BCUT2D eigenvalue weighted by Gasteiger charge is 2.35. The Morgan fingerprint density at radius 1 is 1.30 bits per heavy atom. The number of ether oxygens (including phenoxy) is 1. The third kappa shape index (κ3) is 4.47. The number of aromatic hydroxyl groups is 1. The number of amides is 1. The molecule has 2 N–H and O–H groups in total. The van der Waals surface area contributed by atoms with E-state index in [-0.39, 0.29) is 29.2 Å². The van der Waals surface area contributed by atoms with Crippen LogP contribution in [0.4, 0.5) is 0 Å². The van der Waals surface area contributed by atoms with E-state index in [0.717, 1.165) is 18.4 Å². The number of carbonyl (C=O) groups excluding carboxylic acids is 1. The zero-order valence-corrected chi connectivity index (χ0v) is 14.0. The summed E-state index contributed by atoms with van der Waals surface area (Å²) in [5.74, 6) is 1.29. The van der Waals surface area contributed by atoms with Gasteiger partial charge in [0, 0.05) is 19.1 Å². The van der Waals surface area contributed by atoms with Crippen molar-refractivity contribution in [2.24, 2.45) is 5.92 Å². The van der Waals surface area contributed by atoms with Crippen LogP contribution in [0, 0.1) is 5.92 Å². The zero-order valence-electron chi connectivity index (χ0n) is 14.0. The lowest BCUT2D eigenvalue weighted by Crippen LogP contribution is -2.46. The van der Waals surface area contributed by atoms with Gasteiger partial charge in [0.25, 0.3) is 0 Å². The summed E-state index contributed by atoms with van der Waals surface area (Å²) in [5.41, 5.74) is 1.01. The Labute approximate surface area is 138 Å². The molecule has 1 saturated heterocycles. The third-order valence-corrected chi connectivity index (χ3v) is 4.98. The molecular formula is C19H27NO3. The lowest BCUT2D eigenvalue weighted by Gasteiger charge is -2.36. The summed E-state index contributed by atoms with van der Waals surface area (Å²) < 4.78 is 5.71. The van der Waals surface area contributed by atoms with E-state index in [0.29, 0.717) is 18.9 Å². The SMILES string of the molecule is CC1(C)C[C@@H](NC(=O)C[C@@H](c2ccc(O)cc2)C2CC2)CCO1. The number of phenols is 1. The van der Waals surface area contributed by atoms with Gasteiger partial charge in [-0.1, -0.05) is 12.1 Å². The molecule has 23 heavy (non-hydrogen) atoms. The Bertz CT molecular complexity index is 548. The summed E-state index contributed by atoms with van der Waals surface area (Å²) >= 11 is 0. The molecule has 2 aliphatic rings. The second-order valence-electron chi connectivity index (χ2n) is 7.60. The summed E-state index contributed by atoms with van der Waals surface area (Å²) in [4.78, 5) is 12.5.